The molecule has 0 spiro atoms. The second kappa shape index (κ2) is 6.65. The number of carbonyl (C=O) groups excluding carboxylic acids is 1. The van der Waals surface area contributed by atoms with Crippen molar-refractivity contribution in [3.8, 4) is 0 Å². The summed E-state index contributed by atoms with van der Waals surface area (Å²) in [5.74, 6) is -0.206. The van der Waals surface area contributed by atoms with Crippen molar-refractivity contribution < 1.29 is 14.6 Å². The molecule has 1 unspecified atom stereocenters. The number of hydrogen-bond acceptors (Lipinski definition) is 4. The van der Waals surface area contributed by atoms with Crippen LogP contribution in [-0.2, 0) is 9.53 Å². The second-order valence-corrected chi connectivity index (χ2v) is 5.26. The number of fused-ring (bicyclic) bond motifs is 1. The summed E-state index contributed by atoms with van der Waals surface area (Å²) >= 11 is 1.54. The van der Waals surface area contributed by atoms with E-state index in [1.54, 1.807) is 11.3 Å². The molecule has 2 aromatic rings. The van der Waals surface area contributed by atoms with Crippen LogP contribution in [0.5, 0.6) is 0 Å². The van der Waals surface area contributed by atoms with Crippen LogP contribution < -0.4 is 5.32 Å². The minimum Gasteiger partial charge on any atom is -0.386 e. The minimum absolute atomic E-state index is 0.0373. The Balaban J connectivity index is 1.92. The van der Waals surface area contributed by atoms with Gasteiger partial charge in [0, 0.05) is 22.7 Å². The predicted octanol–water partition coefficient (Wildman–Crippen LogP) is 2.09. The van der Waals surface area contributed by atoms with E-state index in [0.29, 0.717) is 6.61 Å². The summed E-state index contributed by atoms with van der Waals surface area (Å²) in [6, 6.07) is 9.92. The van der Waals surface area contributed by atoms with Gasteiger partial charge in [0.25, 0.3) is 0 Å². The van der Waals surface area contributed by atoms with Crippen molar-refractivity contribution in [3.05, 3.63) is 35.2 Å². The number of nitrogens with one attached hydrogen (secondary N) is 1. The molecule has 2 N–H and O–H groups in total. The van der Waals surface area contributed by atoms with E-state index in [-0.39, 0.29) is 19.1 Å². The number of carbonyl (C=O) groups is 1. The van der Waals surface area contributed by atoms with E-state index in [0.717, 1.165) is 15.0 Å². The van der Waals surface area contributed by atoms with E-state index in [9.17, 15) is 9.90 Å². The highest BCUT2D eigenvalue weighted by atomic mass is 32.1. The number of thiophene rings is 1. The Morgan fingerprint density at radius 1 is 1.47 bits per heavy atom. The first-order valence-corrected chi connectivity index (χ1v) is 7.03. The Bertz CT molecular complexity index is 519. The normalized spacial score (nSPS) is 12.5. The van der Waals surface area contributed by atoms with Crippen LogP contribution in [0.3, 0.4) is 0 Å². The fourth-order valence-electron chi connectivity index (χ4n) is 1.72. The molecule has 5 heteroatoms. The second-order valence-electron chi connectivity index (χ2n) is 4.14. The molecule has 0 saturated heterocycles. The zero-order chi connectivity index (χ0) is 13.7. The summed E-state index contributed by atoms with van der Waals surface area (Å²) in [7, 11) is 0. The molecule has 0 bridgehead atoms. The van der Waals surface area contributed by atoms with Gasteiger partial charge >= 0.3 is 0 Å². The lowest BCUT2D eigenvalue weighted by atomic mass is 10.2. The van der Waals surface area contributed by atoms with Gasteiger partial charge in [0.05, 0.1) is 0 Å². The number of aliphatic hydroxyl groups excluding tert-OH is 1. The Labute approximate surface area is 116 Å². The number of rotatable bonds is 6. The highest BCUT2D eigenvalue weighted by Gasteiger charge is 2.12. The summed E-state index contributed by atoms with van der Waals surface area (Å²) < 4.78 is 6.13. The molecule has 1 aromatic carbocycles. The first-order chi connectivity index (χ1) is 9.20. The van der Waals surface area contributed by atoms with Crippen LogP contribution in [0.15, 0.2) is 30.3 Å². The molecule has 102 valence electrons. The zero-order valence-corrected chi connectivity index (χ0v) is 11.6. The molecular formula is C14H17NO3S. The number of ether oxygens (including phenoxy) is 1. The molecule has 0 aliphatic rings. The van der Waals surface area contributed by atoms with Crippen molar-refractivity contribution in [1.29, 1.82) is 0 Å². The average molecular weight is 279 g/mol. The fraction of sp³-hybridized carbons (Fsp3) is 0.357. The molecule has 0 fully saturated rings. The average Bonchev–Trinajstić information content (AvgIpc) is 2.86. The molecule has 0 aliphatic carbocycles. The summed E-state index contributed by atoms with van der Waals surface area (Å²) in [6.45, 7) is 2.58. The van der Waals surface area contributed by atoms with Crippen LogP contribution in [0.25, 0.3) is 10.1 Å². The van der Waals surface area contributed by atoms with E-state index in [4.69, 9.17) is 4.74 Å². The predicted molar refractivity (Wildman–Crippen MR) is 76.3 cm³/mol. The third-order valence-corrected chi connectivity index (χ3v) is 3.92. The summed E-state index contributed by atoms with van der Waals surface area (Å²) in [5.41, 5.74) is 0. The van der Waals surface area contributed by atoms with Gasteiger partial charge in [0.1, 0.15) is 12.7 Å². The van der Waals surface area contributed by atoms with Gasteiger partial charge in [-0.3, -0.25) is 4.79 Å². The molecule has 1 heterocycles. The molecule has 1 aromatic heterocycles. The zero-order valence-electron chi connectivity index (χ0n) is 10.8. The lowest BCUT2D eigenvalue weighted by Gasteiger charge is -2.09. The van der Waals surface area contributed by atoms with Crippen molar-refractivity contribution in [1.82, 2.24) is 5.32 Å². The van der Waals surface area contributed by atoms with E-state index >= 15 is 0 Å². The highest BCUT2D eigenvalue weighted by molar-refractivity contribution is 7.19. The van der Waals surface area contributed by atoms with Gasteiger partial charge < -0.3 is 15.2 Å². The van der Waals surface area contributed by atoms with Crippen LogP contribution >= 0.6 is 11.3 Å². The Morgan fingerprint density at radius 2 is 2.26 bits per heavy atom. The van der Waals surface area contributed by atoms with Crippen LogP contribution in [-0.4, -0.2) is 30.8 Å². The summed E-state index contributed by atoms with van der Waals surface area (Å²) in [6.07, 6.45) is -0.678. The molecule has 0 radical (unpaired) electrons. The van der Waals surface area contributed by atoms with Gasteiger partial charge in [-0.2, -0.15) is 0 Å². The number of benzene rings is 1. The quantitative estimate of drug-likeness (QED) is 0.851. The van der Waals surface area contributed by atoms with Crippen LogP contribution in [0.4, 0.5) is 0 Å². The number of amides is 1. The number of hydrogen-bond donors (Lipinski definition) is 2. The lowest BCUT2D eigenvalue weighted by Crippen LogP contribution is -2.31. The molecule has 0 saturated carbocycles. The smallest absolute Gasteiger partial charge is 0.246 e. The SMILES string of the molecule is CCOCC(=O)NCC(O)c1cc2ccccc2s1. The molecule has 19 heavy (non-hydrogen) atoms. The fourth-order valence-corrected chi connectivity index (χ4v) is 2.77. The van der Waals surface area contributed by atoms with Crippen molar-refractivity contribution in [2.45, 2.75) is 13.0 Å². The van der Waals surface area contributed by atoms with Crippen LogP contribution in [0, 0.1) is 0 Å². The number of aliphatic hydroxyl groups is 1. The molecule has 4 nitrogen and oxygen atoms in total. The Hall–Kier alpha value is -1.43. The molecule has 0 aliphatic heterocycles. The largest absolute Gasteiger partial charge is 0.386 e. The third-order valence-electron chi connectivity index (χ3n) is 2.70. The van der Waals surface area contributed by atoms with Gasteiger partial charge in [-0.25, -0.2) is 0 Å². The first-order valence-electron chi connectivity index (χ1n) is 6.21. The van der Waals surface area contributed by atoms with E-state index < -0.39 is 6.10 Å². The van der Waals surface area contributed by atoms with Crippen LogP contribution in [0.2, 0.25) is 0 Å². The van der Waals surface area contributed by atoms with E-state index in [1.165, 1.54) is 0 Å². The van der Waals surface area contributed by atoms with Gasteiger partial charge in [0.15, 0.2) is 0 Å². The topological polar surface area (TPSA) is 58.6 Å². The standard InChI is InChI=1S/C14H17NO3S/c1-2-18-9-14(17)15-8-11(16)13-7-10-5-3-4-6-12(10)19-13/h3-7,11,16H,2,8-9H2,1H3,(H,15,17). The minimum atomic E-state index is -0.678. The maximum atomic E-state index is 11.4. The summed E-state index contributed by atoms with van der Waals surface area (Å²) in [4.78, 5) is 12.2. The maximum absolute atomic E-state index is 11.4. The van der Waals surface area contributed by atoms with Crippen molar-refractivity contribution >= 4 is 27.3 Å². The van der Waals surface area contributed by atoms with Crippen molar-refractivity contribution in [2.24, 2.45) is 0 Å². The lowest BCUT2D eigenvalue weighted by molar-refractivity contribution is -0.126. The molecule has 2 rings (SSSR count). The monoisotopic (exact) mass is 279 g/mol. The Morgan fingerprint density at radius 3 is 3.00 bits per heavy atom. The molecular weight excluding hydrogens is 262 g/mol. The van der Waals surface area contributed by atoms with Crippen molar-refractivity contribution in [3.63, 3.8) is 0 Å². The van der Waals surface area contributed by atoms with Gasteiger partial charge in [-0.05, 0) is 24.4 Å². The van der Waals surface area contributed by atoms with E-state index in [2.05, 4.69) is 5.32 Å². The van der Waals surface area contributed by atoms with Gasteiger partial charge in [-0.15, -0.1) is 11.3 Å². The van der Waals surface area contributed by atoms with Gasteiger partial charge in [0.2, 0.25) is 5.91 Å². The molecule has 1 amide bonds. The highest BCUT2D eigenvalue weighted by Crippen LogP contribution is 2.29. The molecule has 1 atom stereocenters. The van der Waals surface area contributed by atoms with E-state index in [1.807, 2.05) is 37.3 Å². The summed E-state index contributed by atoms with van der Waals surface area (Å²) in [5, 5.41) is 13.8. The first kappa shape index (κ1) is 14.0. The van der Waals surface area contributed by atoms with Crippen LogP contribution in [0.1, 0.15) is 17.9 Å². The van der Waals surface area contributed by atoms with Gasteiger partial charge in [-0.1, -0.05) is 18.2 Å². The Kier molecular flexibility index (Phi) is 4.90. The maximum Gasteiger partial charge on any atom is 0.246 e. The van der Waals surface area contributed by atoms with Crippen molar-refractivity contribution in [2.75, 3.05) is 19.8 Å². The third kappa shape index (κ3) is 3.76.